The van der Waals surface area contributed by atoms with E-state index in [1.165, 1.54) is 4.88 Å². The van der Waals surface area contributed by atoms with Crippen molar-refractivity contribution < 1.29 is 4.79 Å². The minimum Gasteiger partial charge on any atom is -0.340 e. The number of nitrogens with zero attached hydrogens (tertiary/aromatic N) is 2. The van der Waals surface area contributed by atoms with Gasteiger partial charge in [-0.25, -0.2) is 4.98 Å². The van der Waals surface area contributed by atoms with Gasteiger partial charge in [0, 0.05) is 29.4 Å². The van der Waals surface area contributed by atoms with Gasteiger partial charge in [0.05, 0.1) is 6.33 Å². The van der Waals surface area contributed by atoms with E-state index in [0.717, 1.165) is 11.3 Å². The molecule has 0 saturated heterocycles. The predicted molar refractivity (Wildman–Crippen MR) is 64.9 cm³/mol. The van der Waals surface area contributed by atoms with Crippen molar-refractivity contribution >= 4 is 17.1 Å². The van der Waals surface area contributed by atoms with Gasteiger partial charge in [-0.1, -0.05) is 6.92 Å². The van der Waals surface area contributed by atoms with Crippen LogP contribution in [0.1, 0.15) is 27.2 Å². The van der Waals surface area contributed by atoms with Gasteiger partial charge in [0.15, 0.2) is 5.78 Å². The molecule has 0 N–H and O–H groups in total. The predicted octanol–water partition coefficient (Wildman–Crippen LogP) is 2.47. The van der Waals surface area contributed by atoms with Crippen LogP contribution in [0.4, 0.5) is 0 Å². The van der Waals surface area contributed by atoms with Gasteiger partial charge < -0.3 is 4.57 Å². The first-order chi connectivity index (χ1) is 7.69. The first kappa shape index (κ1) is 11.1. The molecule has 0 aliphatic rings. The van der Waals surface area contributed by atoms with Gasteiger partial charge >= 0.3 is 0 Å². The van der Waals surface area contributed by atoms with E-state index in [1.807, 2.05) is 13.1 Å². The molecule has 0 spiro atoms. The fourth-order valence-corrected chi connectivity index (χ4v) is 2.47. The summed E-state index contributed by atoms with van der Waals surface area (Å²) in [6.45, 7) is 2.12. The quantitative estimate of drug-likeness (QED) is 0.762. The third kappa shape index (κ3) is 2.39. The highest BCUT2D eigenvalue weighted by Gasteiger charge is 2.11. The number of carbonyl (C=O) groups is 1. The van der Waals surface area contributed by atoms with Crippen LogP contribution in [0, 0.1) is 0 Å². The third-order valence-corrected chi connectivity index (χ3v) is 3.62. The van der Waals surface area contributed by atoms with Crippen LogP contribution >= 0.6 is 11.3 Å². The van der Waals surface area contributed by atoms with Crippen molar-refractivity contribution in [2.45, 2.75) is 19.8 Å². The summed E-state index contributed by atoms with van der Waals surface area (Å²) in [6.07, 6.45) is 4.90. The SMILES string of the molecule is CCc1ccc(CC(=O)c2cn(C)cn2)s1. The smallest absolute Gasteiger partial charge is 0.187 e. The maximum Gasteiger partial charge on any atom is 0.187 e. The van der Waals surface area contributed by atoms with Crippen molar-refractivity contribution in [3.63, 3.8) is 0 Å². The first-order valence-corrected chi connectivity index (χ1v) is 6.09. The van der Waals surface area contributed by atoms with E-state index in [0.29, 0.717) is 12.1 Å². The van der Waals surface area contributed by atoms with Crippen LogP contribution in [0.5, 0.6) is 0 Å². The monoisotopic (exact) mass is 234 g/mol. The summed E-state index contributed by atoms with van der Waals surface area (Å²) in [6, 6.07) is 4.12. The Morgan fingerprint density at radius 1 is 1.44 bits per heavy atom. The Balaban J connectivity index is 2.07. The van der Waals surface area contributed by atoms with E-state index >= 15 is 0 Å². The Kier molecular flexibility index (Phi) is 3.19. The van der Waals surface area contributed by atoms with Gasteiger partial charge in [-0.2, -0.15) is 0 Å². The lowest BCUT2D eigenvalue weighted by Gasteiger charge is -1.93. The molecule has 0 aliphatic heterocycles. The molecule has 0 bridgehead atoms. The van der Waals surface area contributed by atoms with Crippen LogP contribution in [-0.4, -0.2) is 15.3 Å². The van der Waals surface area contributed by atoms with Crippen LogP contribution in [0.2, 0.25) is 0 Å². The summed E-state index contributed by atoms with van der Waals surface area (Å²) in [5.41, 5.74) is 0.550. The van der Waals surface area contributed by atoms with Crippen molar-refractivity contribution in [2.24, 2.45) is 7.05 Å². The number of thiophene rings is 1. The Morgan fingerprint density at radius 3 is 2.75 bits per heavy atom. The number of aryl methyl sites for hydroxylation is 2. The molecule has 0 fully saturated rings. The number of hydrogen-bond acceptors (Lipinski definition) is 3. The Hall–Kier alpha value is -1.42. The van der Waals surface area contributed by atoms with Crippen LogP contribution in [0.25, 0.3) is 0 Å². The highest BCUT2D eigenvalue weighted by molar-refractivity contribution is 7.12. The van der Waals surface area contributed by atoms with Crippen molar-refractivity contribution in [3.05, 3.63) is 40.1 Å². The summed E-state index contributed by atoms with van der Waals surface area (Å²) >= 11 is 1.71. The van der Waals surface area contributed by atoms with Gasteiger partial charge in [-0.05, 0) is 18.6 Å². The average Bonchev–Trinajstić information content (AvgIpc) is 2.87. The van der Waals surface area contributed by atoms with Crippen molar-refractivity contribution in [1.82, 2.24) is 9.55 Å². The molecule has 2 rings (SSSR count). The summed E-state index contributed by atoms with van der Waals surface area (Å²) in [5, 5.41) is 0. The molecule has 84 valence electrons. The first-order valence-electron chi connectivity index (χ1n) is 5.27. The van der Waals surface area contributed by atoms with E-state index in [2.05, 4.69) is 18.0 Å². The van der Waals surface area contributed by atoms with Crippen molar-refractivity contribution in [2.75, 3.05) is 0 Å². The van der Waals surface area contributed by atoms with Gasteiger partial charge in [-0.3, -0.25) is 4.79 Å². The standard InChI is InChI=1S/C12H14N2OS/c1-3-9-4-5-10(16-9)6-12(15)11-7-14(2)8-13-11/h4-5,7-8H,3,6H2,1-2H3. The molecular weight excluding hydrogens is 220 g/mol. The molecule has 0 atom stereocenters. The second kappa shape index (κ2) is 4.61. The lowest BCUT2D eigenvalue weighted by molar-refractivity contribution is 0.0989. The molecule has 16 heavy (non-hydrogen) atoms. The van der Waals surface area contributed by atoms with E-state index in [-0.39, 0.29) is 5.78 Å². The zero-order chi connectivity index (χ0) is 11.5. The average molecular weight is 234 g/mol. The Labute approximate surface area is 98.8 Å². The number of hydrogen-bond donors (Lipinski definition) is 0. The Bertz CT molecular complexity index is 499. The number of carbonyl (C=O) groups excluding carboxylic acids is 1. The molecule has 0 aliphatic carbocycles. The molecule has 0 saturated carbocycles. The number of Topliss-reactive ketones (excluding diaryl/α,β-unsaturated/α-hetero) is 1. The molecular formula is C12H14N2OS. The fraction of sp³-hybridized carbons (Fsp3) is 0.333. The molecule has 3 nitrogen and oxygen atoms in total. The van der Waals surface area contributed by atoms with Crippen LogP contribution in [0.3, 0.4) is 0 Å². The summed E-state index contributed by atoms with van der Waals surface area (Å²) < 4.78 is 1.79. The van der Waals surface area contributed by atoms with Crippen LogP contribution in [0.15, 0.2) is 24.7 Å². The molecule has 2 heterocycles. The molecule has 2 aromatic heterocycles. The van der Waals surface area contributed by atoms with Crippen LogP contribution < -0.4 is 0 Å². The number of rotatable bonds is 4. The second-order valence-corrected chi connectivity index (χ2v) is 5.00. The molecule has 0 radical (unpaired) electrons. The minimum absolute atomic E-state index is 0.0881. The largest absolute Gasteiger partial charge is 0.340 e. The summed E-state index contributed by atoms with van der Waals surface area (Å²) in [5.74, 6) is 0.0881. The van der Waals surface area contributed by atoms with E-state index in [9.17, 15) is 4.79 Å². The second-order valence-electron chi connectivity index (χ2n) is 3.75. The topological polar surface area (TPSA) is 34.9 Å². The maximum absolute atomic E-state index is 11.9. The fourth-order valence-electron chi connectivity index (χ4n) is 1.51. The van der Waals surface area contributed by atoms with Gasteiger partial charge in [0.1, 0.15) is 5.69 Å². The zero-order valence-corrected chi connectivity index (χ0v) is 10.3. The van der Waals surface area contributed by atoms with Crippen molar-refractivity contribution in [1.29, 1.82) is 0 Å². The highest BCUT2D eigenvalue weighted by atomic mass is 32.1. The van der Waals surface area contributed by atoms with E-state index in [4.69, 9.17) is 0 Å². The molecule has 4 heteroatoms. The summed E-state index contributed by atoms with van der Waals surface area (Å²) in [4.78, 5) is 18.4. The van der Waals surface area contributed by atoms with Crippen LogP contribution in [-0.2, 0) is 19.9 Å². The lowest BCUT2D eigenvalue weighted by atomic mass is 10.2. The molecule has 0 unspecified atom stereocenters. The van der Waals surface area contributed by atoms with Crippen molar-refractivity contribution in [3.8, 4) is 0 Å². The number of ketones is 1. The normalized spacial score (nSPS) is 10.6. The summed E-state index contributed by atoms with van der Waals surface area (Å²) in [7, 11) is 1.87. The van der Waals surface area contributed by atoms with E-state index < -0.39 is 0 Å². The zero-order valence-electron chi connectivity index (χ0n) is 9.43. The Morgan fingerprint density at radius 2 is 2.19 bits per heavy atom. The molecule has 0 amide bonds. The minimum atomic E-state index is 0.0881. The van der Waals surface area contributed by atoms with Gasteiger partial charge in [0.25, 0.3) is 0 Å². The van der Waals surface area contributed by atoms with E-state index in [1.54, 1.807) is 28.4 Å². The highest BCUT2D eigenvalue weighted by Crippen LogP contribution is 2.18. The molecule has 2 aromatic rings. The number of aromatic nitrogens is 2. The maximum atomic E-state index is 11.9. The number of imidazole rings is 1. The van der Waals surface area contributed by atoms with Gasteiger partial charge in [-0.15, -0.1) is 11.3 Å². The third-order valence-electron chi connectivity index (χ3n) is 2.39. The van der Waals surface area contributed by atoms with Gasteiger partial charge in [0.2, 0.25) is 0 Å². The molecule has 0 aromatic carbocycles. The lowest BCUT2D eigenvalue weighted by Crippen LogP contribution is -2.02.